The molecule has 3 heterocycles. The van der Waals surface area contributed by atoms with Crippen LogP contribution in [0.1, 0.15) is 30.5 Å². The van der Waals surface area contributed by atoms with Crippen LogP contribution in [-0.2, 0) is 19.4 Å². The van der Waals surface area contributed by atoms with E-state index in [0.717, 1.165) is 56.5 Å². The monoisotopic (exact) mass is 368 g/mol. The molecular formula is C20H21FN4O2. The van der Waals surface area contributed by atoms with Gasteiger partial charge in [-0.05, 0) is 55.7 Å². The molecule has 0 saturated carbocycles. The van der Waals surface area contributed by atoms with Crippen LogP contribution in [-0.4, -0.2) is 27.9 Å². The molecule has 7 heteroatoms. The number of rotatable bonds is 3. The number of halogens is 1. The van der Waals surface area contributed by atoms with Crippen LogP contribution >= 0.6 is 0 Å². The third kappa shape index (κ3) is 3.11. The van der Waals surface area contributed by atoms with Gasteiger partial charge in [-0.25, -0.2) is 9.07 Å². The summed E-state index contributed by atoms with van der Waals surface area (Å²) in [6, 6.07) is 6.69. The Labute approximate surface area is 155 Å². The molecule has 1 aromatic carbocycles. The van der Waals surface area contributed by atoms with E-state index in [0.29, 0.717) is 29.6 Å². The van der Waals surface area contributed by atoms with Crippen molar-refractivity contribution in [1.29, 1.82) is 0 Å². The quantitative estimate of drug-likeness (QED) is 0.711. The second-order valence-electron chi connectivity index (χ2n) is 7.53. The summed E-state index contributed by atoms with van der Waals surface area (Å²) in [5, 5.41) is 4.59. The van der Waals surface area contributed by atoms with Crippen LogP contribution in [0.15, 0.2) is 33.5 Å². The minimum Gasteiger partial charge on any atom is -0.423 e. The highest BCUT2D eigenvalue weighted by Crippen LogP contribution is 2.27. The average molecular weight is 368 g/mol. The Morgan fingerprint density at radius 2 is 2.04 bits per heavy atom. The first-order valence-electron chi connectivity index (χ1n) is 9.57. The molecule has 5 rings (SSSR count). The van der Waals surface area contributed by atoms with Crippen LogP contribution in [0.3, 0.4) is 0 Å². The average Bonchev–Trinajstić information content (AvgIpc) is 3.28. The third-order valence-electron chi connectivity index (χ3n) is 5.68. The lowest BCUT2D eigenvalue weighted by atomic mass is 9.97. The fraction of sp³-hybridized carbons (Fsp3) is 0.450. The molecule has 0 radical (unpaired) electrons. The Balaban J connectivity index is 1.27. The van der Waals surface area contributed by atoms with Crippen LogP contribution in [0.5, 0.6) is 0 Å². The molecule has 1 fully saturated rings. The van der Waals surface area contributed by atoms with Crippen LogP contribution in [0.25, 0.3) is 11.1 Å². The summed E-state index contributed by atoms with van der Waals surface area (Å²) in [6.45, 7) is 2.28. The lowest BCUT2D eigenvalue weighted by Gasteiger charge is -2.30. The van der Waals surface area contributed by atoms with Crippen molar-refractivity contribution >= 4 is 17.1 Å². The molecule has 0 atom stereocenters. The van der Waals surface area contributed by atoms with E-state index in [1.807, 2.05) is 0 Å². The molecule has 1 saturated heterocycles. The number of fused-ring (bicyclic) bond motifs is 2. The minimum absolute atomic E-state index is 0.0130. The van der Waals surface area contributed by atoms with Crippen molar-refractivity contribution in [3.63, 3.8) is 0 Å². The lowest BCUT2D eigenvalue weighted by molar-refractivity contribution is 0.327. The summed E-state index contributed by atoms with van der Waals surface area (Å²) in [4.78, 5) is 18.8. The number of hydrogen-bond donors (Lipinski definition) is 0. The Bertz CT molecular complexity index is 1050. The number of piperidine rings is 1. The molecule has 1 aliphatic heterocycles. The predicted octanol–water partition coefficient (Wildman–Crippen LogP) is 2.93. The van der Waals surface area contributed by atoms with Gasteiger partial charge in [-0.1, -0.05) is 0 Å². The first-order chi connectivity index (χ1) is 13.2. The van der Waals surface area contributed by atoms with E-state index in [4.69, 9.17) is 4.42 Å². The van der Waals surface area contributed by atoms with Crippen molar-refractivity contribution in [3.05, 3.63) is 51.7 Å². The Morgan fingerprint density at radius 1 is 1.19 bits per heavy atom. The minimum atomic E-state index is -0.312. The van der Waals surface area contributed by atoms with E-state index in [2.05, 4.69) is 15.0 Å². The highest BCUT2D eigenvalue weighted by Gasteiger charge is 2.24. The first-order valence-corrected chi connectivity index (χ1v) is 9.57. The van der Waals surface area contributed by atoms with Gasteiger partial charge in [-0.2, -0.15) is 10.1 Å². The number of nitrogens with zero attached hydrogens (tertiary/aromatic N) is 4. The summed E-state index contributed by atoms with van der Waals surface area (Å²) in [6.07, 6.45) is 4.94. The number of hydrogen-bond acceptors (Lipinski definition) is 5. The number of anilines is 1. The third-order valence-corrected chi connectivity index (χ3v) is 5.68. The molecule has 140 valence electrons. The largest absolute Gasteiger partial charge is 0.423 e. The Kier molecular flexibility index (Phi) is 3.95. The molecule has 27 heavy (non-hydrogen) atoms. The van der Waals surface area contributed by atoms with Gasteiger partial charge < -0.3 is 9.32 Å². The highest BCUT2D eigenvalue weighted by atomic mass is 19.1. The second kappa shape index (κ2) is 6.48. The van der Waals surface area contributed by atoms with E-state index >= 15 is 0 Å². The molecule has 2 aromatic heterocycles. The van der Waals surface area contributed by atoms with Gasteiger partial charge in [-0.3, -0.25) is 4.79 Å². The zero-order valence-electron chi connectivity index (χ0n) is 15.0. The number of oxazole rings is 1. The molecular weight excluding hydrogens is 347 g/mol. The maximum absolute atomic E-state index is 13.3. The predicted molar refractivity (Wildman–Crippen MR) is 99.4 cm³/mol. The lowest BCUT2D eigenvalue weighted by Crippen LogP contribution is -2.37. The summed E-state index contributed by atoms with van der Waals surface area (Å²) in [5.41, 5.74) is 3.37. The van der Waals surface area contributed by atoms with Gasteiger partial charge in [0.25, 0.3) is 11.6 Å². The zero-order chi connectivity index (χ0) is 18.4. The smallest absolute Gasteiger partial charge is 0.298 e. The molecule has 0 spiro atoms. The molecule has 6 nitrogen and oxygen atoms in total. The van der Waals surface area contributed by atoms with Crippen LogP contribution < -0.4 is 10.5 Å². The molecule has 0 amide bonds. The Hall–Kier alpha value is -2.70. The summed E-state index contributed by atoms with van der Waals surface area (Å²) in [7, 11) is 0. The van der Waals surface area contributed by atoms with Gasteiger partial charge >= 0.3 is 0 Å². The summed E-state index contributed by atoms with van der Waals surface area (Å²) >= 11 is 0. The fourth-order valence-electron chi connectivity index (χ4n) is 4.15. The topological polar surface area (TPSA) is 64.2 Å². The molecule has 1 aliphatic carbocycles. The van der Waals surface area contributed by atoms with Crippen LogP contribution in [0.4, 0.5) is 10.4 Å². The Morgan fingerprint density at radius 3 is 2.89 bits per heavy atom. The van der Waals surface area contributed by atoms with Gasteiger partial charge in [0.05, 0.1) is 5.69 Å². The van der Waals surface area contributed by atoms with Gasteiger partial charge in [0.2, 0.25) is 0 Å². The maximum atomic E-state index is 13.3. The molecule has 0 N–H and O–H groups in total. The van der Waals surface area contributed by atoms with Gasteiger partial charge in [0.1, 0.15) is 11.3 Å². The molecule has 0 bridgehead atoms. The van der Waals surface area contributed by atoms with Gasteiger partial charge in [0, 0.05) is 31.8 Å². The summed E-state index contributed by atoms with van der Waals surface area (Å²) in [5.74, 6) is 0.0982. The maximum Gasteiger partial charge on any atom is 0.298 e. The van der Waals surface area contributed by atoms with Crippen molar-refractivity contribution in [1.82, 2.24) is 14.8 Å². The van der Waals surface area contributed by atoms with E-state index in [1.165, 1.54) is 12.1 Å². The fourth-order valence-corrected chi connectivity index (χ4v) is 4.15. The van der Waals surface area contributed by atoms with Crippen molar-refractivity contribution in [2.24, 2.45) is 5.92 Å². The van der Waals surface area contributed by atoms with Crippen molar-refractivity contribution in [2.75, 3.05) is 18.0 Å². The number of benzene rings is 1. The van der Waals surface area contributed by atoms with E-state index in [-0.39, 0.29) is 11.4 Å². The number of aromatic nitrogens is 3. The first kappa shape index (κ1) is 16.5. The number of aryl methyl sites for hydroxylation is 2. The standard InChI is InChI=1S/C20H21FN4O2/c21-15-4-5-18-17(11-15)22-20(27-18)24-8-6-13(7-9-24)12-25-19(26)10-14-2-1-3-16(14)23-25/h4-5,10-11,13H,1-3,6-9,12H2. The van der Waals surface area contributed by atoms with Crippen molar-refractivity contribution < 1.29 is 8.81 Å². The van der Waals surface area contributed by atoms with Crippen molar-refractivity contribution in [2.45, 2.75) is 38.6 Å². The molecule has 3 aromatic rings. The van der Waals surface area contributed by atoms with Gasteiger partial charge in [-0.15, -0.1) is 0 Å². The van der Waals surface area contributed by atoms with Crippen molar-refractivity contribution in [3.8, 4) is 0 Å². The molecule has 2 aliphatic rings. The zero-order valence-corrected chi connectivity index (χ0v) is 15.0. The normalized spacial score (nSPS) is 17.6. The summed E-state index contributed by atoms with van der Waals surface area (Å²) < 4.78 is 20.7. The van der Waals surface area contributed by atoms with E-state index < -0.39 is 0 Å². The SMILES string of the molecule is O=c1cc2c(nn1CC1CCN(c3nc4cc(F)ccc4o3)CC1)CCC2. The second-order valence-corrected chi connectivity index (χ2v) is 7.53. The molecule has 0 unspecified atom stereocenters. The highest BCUT2D eigenvalue weighted by molar-refractivity contribution is 5.74. The van der Waals surface area contributed by atoms with Gasteiger partial charge in [0.15, 0.2) is 5.58 Å². The van der Waals surface area contributed by atoms with Crippen LogP contribution in [0.2, 0.25) is 0 Å². The van der Waals surface area contributed by atoms with E-state index in [9.17, 15) is 9.18 Å². The van der Waals surface area contributed by atoms with Crippen LogP contribution in [0, 0.1) is 11.7 Å². The van der Waals surface area contributed by atoms with E-state index in [1.54, 1.807) is 16.8 Å².